The highest BCUT2D eigenvalue weighted by Gasteiger charge is 2.53. The molecule has 24 heavy (non-hydrogen) atoms. The second kappa shape index (κ2) is 10.1. The van der Waals surface area contributed by atoms with Gasteiger partial charge in [0, 0.05) is 11.6 Å². The van der Waals surface area contributed by atoms with Crippen LogP contribution in [0.25, 0.3) is 0 Å². The Morgan fingerprint density at radius 3 is 2.04 bits per heavy atom. The summed E-state index contributed by atoms with van der Waals surface area (Å²) in [6, 6.07) is 0.779. The van der Waals surface area contributed by atoms with Crippen LogP contribution in [0.15, 0.2) is 0 Å². The minimum Gasteiger partial charge on any atom is -0.317 e. The van der Waals surface area contributed by atoms with Crippen LogP contribution < -0.4 is 10.6 Å². The number of hydrogen-bond donors (Lipinski definition) is 2. The second-order valence-corrected chi connectivity index (χ2v) is 8.39. The van der Waals surface area contributed by atoms with E-state index in [1.807, 2.05) is 13.8 Å². The summed E-state index contributed by atoms with van der Waals surface area (Å²) in [5.74, 6) is 0.771. The normalized spacial score (nSPS) is 30.0. The Labute approximate surface area is 152 Å². The minimum atomic E-state index is 0.420. The summed E-state index contributed by atoms with van der Waals surface area (Å²) in [5, 5.41) is 7.06. The number of nitrogens with zero attached hydrogens (tertiary/aromatic N) is 1. The Morgan fingerprint density at radius 2 is 1.58 bits per heavy atom. The molecule has 3 rings (SSSR count). The van der Waals surface area contributed by atoms with E-state index in [2.05, 4.69) is 50.4 Å². The van der Waals surface area contributed by atoms with Crippen molar-refractivity contribution >= 4 is 0 Å². The molecule has 2 saturated heterocycles. The van der Waals surface area contributed by atoms with Crippen LogP contribution in [0.1, 0.15) is 79.6 Å². The van der Waals surface area contributed by atoms with E-state index in [9.17, 15) is 0 Å². The van der Waals surface area contributed by atoms with Crippen LogP contribution >= 0.6 is 0 Å². The molecule has 1 atom stereocenters. The van der Waals surface area contributed by atoms with Crippen molar-refractivity contribution < 1.29 is 0 Å². The van der Waals surface area contributed by atoms with Crippen LogP contribution in [0, 0.1) is 11.3 Å². The Bertz CT molecular complexity index is 317. The molecule has 1 spiro atoms. The Hall–Kier alpha value is -0.120. The molecule has 1 unspecified atom stereocenters. The molecule has 0 radical (unpaired) electrons. The van der Waals surface area contributed by atoms with Crippen molar-refractivity contribution in [3.05, 3.63) is 0 Å². The molecule has 0 amide bonds. The maximum Gasteiger partial charge on any atom is 0.0232 e. The molecule has 0 bridgehead atoms. The van der Waals surface area contributed by atoms with Gasteiger partial charge in [0.1, 0.15) is 0 Å². The summed E-state index contributed by atoms with van der Waals surface area (Å²) < 4.78 is 0. The number of piperidine rings is 1. The third-order valence-corrected chi connectivity index (χ3v) is 7.04. The van der Waals surface area contributed by atoms with E-state index < -0.39 is 0 Å². The zero-order chi connectivity index (χ0) is 18.2. The fourth-order valence-electron chi connectivity index (χ4n) is 4.94. The van der Waals surface area contributed by atoms with Gasteiger partial charge in [0.05, 0.1) is 0 Å². The number of likely N-dealkylation sites (tertiary alicyclic amines) is 1. The maximum absolute atomic E-state index is 3.77. The van der Waals surface area contributed by atoms with Gasteiger partial charge in [-0.3, -0.25) is 0 Å². The number of hydrogen-bond acceptors (Lipinski definition) is 3. The van der Waals surface area contributed by atoms with Gasteiger partial charge in [0.25, 0.3) is 0 Å². The van der Waals surface area contributed by atoms with Gasteiger partial charge >= 0.3 is 0 Å². The SMILES string of the molecule is CC.CC(C)C1(C)NCCC12CCCC2.CNC1CCN(C)CC1. The smallest absolute Gasteiger partial charge is 0.0232 e. The third kappa shape index (κ3) is 4.95. The van der Waals surface area contributed by atoms with Gasteiger partial charge < -0.3 is 15.5 Å². The first-order valence-electron chi connectivity index (χ1n) is 10.5. The van der Waals surface area contributed by atoms with Gasteiger partial charge in [-0.15, -0.1) is 0 Å². The van der Waals surface area contributed by atoms with Crippen molar-refractivity contribution in [2.45, 2.75) is 91.1 Å². The van der Waals surface area contributed by atoms with Gasteiger partial charge in [-0.25, -0.2) is 0 Å². The Morgan fingerprint density at radius 1 is 1.04 bits per heavy atom. The van der Waals surface area contributed by atoms with E-state index in [1.54, 1.807) is 0 Å². The van der Waals surface area contributed by atoms with Crippen LogP contribution in [-0.4, -0.2) is 50.2 Å². The van der Waals surface area contributed by atoms with Crippen molar-refractivity contribution in [3.8, 4) is 0 Å². The largest absolute Gasteiger partial charge is 0.317 e. The van der Waals surface area contributed by atoms with Crippen molar-refractivity contribution in [1.82, 2.24) is 15.5 Å². The van der Waals surface area contributed by atoms with Crippen LogP contribution in [0.5, 0.6) is 0 Å². The molecule has 0 aromatic heterocycles. The zero-order valence-corrected chi connectivity index (χ0v) is 17.7. The Kier molecular flexibility index (Phi) is 9.25. The van der Waals surface area contributed by atoms with E-state index in [0.29, 0.717) is 11.0 Å². The summed E-state index contributed by atoms with van der Waals surface area (Å²) in [4.78, 5) is 2.38. The van der Waals surface area contributed by atoms with Crippen molar-refractivity contribution in [3.63, 3.8) is 0 Å². The quantitative estimate of drug-likeness (QED) is 0.786. The van der Waals surface area contributed by atoms with Crippen molar-refractivity contribution in [1.29, 1.82) is 0 Å². The molecule has 2 N–H and O–H groups in total. The zero-order valence-electron chi connectivity index (χ0n) is 17.7. The molecule has 0 aromatic carbocycles. The molecular weight excluding hydrogens is 294 g/mol. The van der Waals surface area contributed by atoms with Crippen LogP contribution in [0.3, 0.4) is 0 Å². The first-order valence-corrected chi connectivity index (χ1v) is 10.5. The number of nitrogens with one attached hydrogen (secondary N) is 2. The Balaban J connectivity index is 0.000000230. The highest BCUT2D eigenvalue weighted by molar-refractivity contribution is 5.09. The summed E-state index contributed by atoms with van der Waals surface area (Å²) in [5.41, 5.74) is 1.07. The molecule has 3 fully saturated rings. The second-order valence-electron chi connectivity index (χ2n) is 8.39. The molecule has 3 heteroatoms. The topological polar surface area (TPSA) is 27.3 Å². The molecule has 3 nitrogen and oxygen atoms in total. The van der Waals surface area contributed by atoms with Gasteiger partial charge in [-0.1, -0.05) is 40.5 Å². The molecule has 1 aliphatic carbocycles. The van der Waals surface area contributed by atoms with Crippen molar-refractivity contribution in [2.75, 3.05) is 33.7 Å². The third-order valence-electron chi connectivity index (χ3n) is 7.04. The fraction of sp³-hybridized carbons (Fsp3) is 1.00. The predicted molar refractivity (Wildman–Crippen MR) is 108 cm³/mol. The molecular formula is C21H45N3. The number of rotatable bonds is 2. The minimum absolute atomic E-state index is 0.420. The lowest BCUT2D eigenvalue weighted by atomic mass is 9.65. The molecule has 3 aliphatic rings. The average Bonchev–Trinajstić information content (AvgIpc) is 3.20. The summed E-state index contributed by atoms with van der Waals surface area (Å²) >= 11 is 0. The predicted octanol–water partition coefficient (Wildman–Crippen LogP) is 4.28. The van der Waals surface area contributed by atoms with E-state index in [4.69, 9.17) is 0 Å². The molecule has 0 aromatic rings. The molecule has 2 heterocycles. The first kappa shape index (κ1) is 21.9. The lowest BCUT2D eigenvalue weighted by Gasteiger charge is -2.44. The van der Waals surface area contributed by atoms with Gasteiger partial charge in [0.2, 0.25) is 0 Å². The summed E-state index contributed by atoms with van der Waals surface area (Å²) in [7, 11) is 4.24. The first-order chi connectivity index (χ1) is 11.4. The van der Waals surface area contributed by atoms with Crippen LogP contribution in [0.2, 0.25) is 0 Å². The highest BCUT2D eigenvalue weighted by atomic mass is 15.1. The summed E-state index contributed by atoms with van der Waals surface area (Å²) in [6.07, 6.45) is 9.90. The van der Waals surface area contributed by atoms with E-state index in [1.165, 1.54) is 64.6 Å². The highest BCUT2D eigenvalue weighted by Crippen LogP contribution is 2.54. The fourth-order valence-corrected chi connectivity index (χ4v) is 4.94. The summed E-state index contributed by atoms with van der Waals surface area (Å²) in [6.45, 7) is 15.0. The standard InChI is InChI=1S/C12H23N.C7H16N2.C2H6/c1-10(2)11(3)12(8-9-13-11)6-4-5-7-12;1-8-7-3-5-9(2)6-4-7;1-2/h10,13H,4-9H2,1-3H3;7-8H,3-6H2,1-2H3;1-2H3. The van der Waals surface area contributed by atoms with E-state index in [-0.39, 0.29) is 0 Å². The van der Waals surface area contributed by atoms with Crippen LogP contribution in [-0.2, 0) is 0 Å². The molecule has 1 saturated carbocycles. The molecule has 144 valence electrons. The van der Waals surface area contributed by atoms with Gasteiger partial charge in [0.15, 0.2) is 0 Å². The monoisotopic (exact) mass is 339 g/mol. The lowest BCUT2D eigenvalue weighted by molar-refractivity contribution is 0.110. The van der Waals surface area contributed by atoms with Crippen LogP contribution in [0.4, 0.5) is 0 Å². The van der Waals surface area contributed by atoms with Crippen molar-refractivity contribution in [2.24, 2.45) is 11.3 Å². The maximum atomic E-state index is 3.77. The van der Waals surface area contributed by atoms with Gasteiger partial charge in [-0.2, -0.15) is 0 Å². The van der Waals surface area contributed by atoms with E-state index >= 15 is 0 Å². The van der Waals surface area contributed by atoms with E-state index in [0.717, 1.165) is 12.0 Å². The van der Waals surface area contributed by atoms with Gasteiger partial charge in [-0.05, 0) is 84.1 Å². The average molecular weight is 340 g/mol. The lowest BCUT2D eigenvalue weighted by Crippen LogP contribution is -2.52. The molecule has 2 aliphatic heterocycles.